The minimum atomic E-state index is -0.808. The van der Waals surface area contributed by atoms with Crippen molar-refractivity contribution in [1.29, 1.82) is 0 Å². The third-order valence-corrected chi connectivity index (χ3v) is 7.46. The fraction of sp³-hybridized carbons (Fsp3) is 0.292. The van der Waals surface area contributed by atoms with E-state index in [9.17, 15) is 24.0 Å². The Bertz CT molecular complexity index is 1190. The van der Waals surface area contributed by atoms with Gasteiger partial charge in [0.25, 0.3) is 11.8 Å². The van der Waals surface area contributed by atoms with Gasteiger partial charge < -0.3 is 4.74 Å². The number of carbonyl (C=O) groups is 5. The van der Waals surface area contributed by atoms with Gasteiger partial charge in [-0.1, -0.05) is 23.7 Å². The molecule has 9 nitrogen and oxygen atoms in total. The van der Waals surface area contributed by atoms with Gasteiger partial charge in [0.2, 0.25) is 11.8 Å². The van der Waals surface area contributed by atoms with Crippen molar-refractivity contribution in [2.24, 2.45) is 11.8 Å². The molecule has 0 aromatic heterocycles. The number of esters is 1. The van der Waals surface area contributed by atoms with Crippen LogP contribution in [0.15, 0.2) is 48.5 Å². The molecule has 1 heterocycles. The van der Waals surface area contributed by atoms with Crippen LogP contribution in [0.4, 0.5) is 5.69 Å². The zero-order chi connectivity index (χ0) is 26.0. The van der Waals surface area contributed by atoms with E-state index in [-0.39, 0.29) is 38.7 Å². The zero-order valence-corrected chi connectivity index (χ0v) is 20.8. The number of hydrazine groups is 1. The van der Waals surface area contributed by atoms with Crippen molar-refractivity contribution >= 4 is 70.1 Å². The van der Waals surface area contributed by atoms with Crippen LogP contribution in [0.1, 0.15) is 33.6 Å². The molecule has 2 aliphatic rings. The van der Waals surface area contributed by atoms with Crippen LogP contribution in [0.5, 0.6) is 0 Å². The third-order valence-electron chi connectivity index (χ3n) is 6.04. The lowest BCUT2D eigenvalue weighted by Crippen LogP contribution is -2.43. The van der Waals surface area contributed by atoms with E-state index in [2.05, 4.69) is 10.9 Å². The topological polar surface area (TPSA) is 122 Å². The maximum Gasteiger partial charge on any atom is 0.338 e. The SMILES string of the molecule is O=C(COC(=O)c1ccc(N2C(=O)[C@H]3C[C@@H](Cl)[C@@H](Cl)C[C@H]3C2=O)cc1)NNC(=O)c1ccccc1Cl. The van der Waals surface area contributed by atoms with Gasteiger partial charge in [0.1, 0.15) is 0 Å². The fourth-order valence-corrected chi connectivity index (χ4v) is 5.00. The largest absolute Gasteiger partial charge is 0.452 e. The standard InChI is InChI=1S/C24H20Cl3N3O6/c25-17-4-2-1-3-14(17)21(32)29-28-20(31)11-36-24(35)12-5-7-13(8-6-12)30-22(33)15-9-18(26)19(27)10-16(15)23(30)34/h1-8,15-16,18-19H,9-11H2,(H,28,31)(H,29,32)/t15-,16+,18+,19-. The second kappa shape index (κ2) is 10.9. The Hall–Kier alpha value is -3.14. The Labute approximate surface area is 221 Å². The molecule has 1 aliphatic heterocycles. The van der Waals surface area contributed by atoms with Gasteiger partial charge in [-0.15, -0.1) is 23.2 Å². The van der Waals surface area contributed by atoms with E-state index in [0.29, 0.717) is 18.5 Å². The number of hydrogen-bond donors (Lipinski definition) is 2. The molecule has 188 valence electrons. The number of rotatable bonds is 5. The maximum atomic E-state index is 12.8. The van der Waals surface area contributed by atoms with Crippen molar-refractivity contribution in [3.05, 3.63) is 64.7 Å². The Kier molecular flexibility index (Phi) is 7.82. The van der Waals surface area contributed by atoms with Crippen molar-refractivity contribution in [3.63, 3.8) is 0 Å². The highest BCUT2D eigenvalue weighted by Crippen LogP contribution is 2.43. The summed E-state index contributed by atoms with van der Waals surface area (Å²) in [7, 11) is 0. The summed E-state index contributed by atoms with van der Waals surface area (Å²) in [6, 6.07) is 11.9. The molecule has 2 N–H and O–H groups in total. The van der Waals surface area contributed by atoms with Crippen molar-refractivity contribution in [1.82, 2.24) is 10.9 Å². The van der Waals surface area contributed by atoms with Gasteiger partial charge in [-0.2, -0.15) is 0 Å². The molecule has 1 saturated carbocycles. The van der Waals surface area contributed by atoms with E-state index in [1.54, 1.807) is 12.1 Å². The highest BCUT2D eigenvalue weighted by molar-refractivity contribution is 6.34. The van der Waals surface area contributed by atoms with Crippen LogP contribution < -0.4 is 15.8 Å². The number of ether oxygens (including phenoxy) is 1. The second-order valence-electron chi connectivity index (χ2n) is 8.33. The van der Waals surface area contributed by atoms with Gasteiger partial charge >= 0.3 is 5.97 Å². The van der Waals surface area contributed by atoms with Crippen LogP contribution in [0.25, 0.3) is 0 Å². The smallest absolute Gasteiger partial charge is 0.338 e. The minimum absolute atomic E-state index is 0.102. The lowest BCUT2D eigenvalue weighted by Gasteiger charge is -2.28. The van der Waals surface area contributed by atoms with Crippen LogP contribution in [0.2, 0.25) is 5.02 Å². The summed E-state index contributed by atoms with van der Waals surface area (Å²) >= 11 is 18.3. The molecule has 1 aliphatic carbocycles. The highest BCUT2D eigenvalue weighted by Gasteiger charge is 2.52. The average molecular weight is 553 g/mol. The summed E-state index contributed by atoms with van der Waals surface area (Å²) in [6.07, 6.45) is 0.652. The molecule has 4 amide bonds. The molecule has 4 rings (SSSR count). The number of nitrogens with zero attached hydrogens (tertiary/aromatic N) is 1. The van der Waals surface area contributed by atoms with Crippen molar-refractivity contribution in [2.75, 3.05) is 11.5 Å². The molecule has 0 bridgehead atoms. The Morgan fingerprint density at radius 3 is 2.06 bits per heavy atom. The number of hydrogen-bond acceptors (Lipinski definition) is 6. The van der Waals surface area contributed by atoms with Gasteiger partial charge in [-0.25, -0.2) is 4.79 Å². The number of benzene rings is 2. The predicted molar refractivity (Wildman–Crippen MR) is 132 cm³/mol. The molecule has 12 heteroatoms. The Morgan fingerprint density at radius 1 is 0.889 bits per heavy atom. The van der Waals surface area contributed by atoms with Gasteiger partial charge in [-0.3, -0.25) is 34.9 Å². The number of alkyl halides is 2. The molecule has 0 radical (unpaired) electrons. The quantitative estimate of drug-likeness (QED) is 0.254. The summed E-state index contributed by atoms with van der Waals surface area (Å²) in [5, 5.41) is -0.562. The van der Waals surface area contributed by atoms with Crippen molar-refractivity contribution in [2.45, 2.75) is 23.6 Å². The Morgan fingerprint density at radius 2 is 1.47 bits per heavy atom. The summed E-state index contributed by atoms with van der Waals surface area (Å²) in [4.78, 5) is 63.1. The first-order valence-corrected chi connectivity index (χ1v) is 12.2. The fourth-order valence-electron chi connectivity index (χ4n) is 4.19. The van der Waals surface area contributed by atoms with E-state index in [0.717, 1.165) is 4.90 Å². The summed E-state index contributed by atoms with van der Waals surface area (Å²) < 4.78 is 4.95. The number of anilines is 1. The van der Waals surface area contributed by atoms with Crippen LogP contribution in [-0.4, -0.2) is 47.0 Å². The van der Waals surface area contributed by atoms with Crippen LogP contribution in [-0.2, 0) is 19.1 Å². The van der Waals surface area contributed by atoms with E-state index >= 15 is 0 Å². The van der Waals surface area contributed by atoms with E-state index < -0.39 is 36.2 Å². The summed E-state index contributed by atoms with van der Waals surface area (Å²) in [5.74, 6) is -3.93. The predicted octanol–water partition coefficient (Wildman–Crippen LogP) is 3.07. The van der Waals surface area contributed by atoms with Gasteiger partial charge in [0.15, 0.2) is 6.61 Å². The number of carbonyl (C=O) groups excluding carboxylic acids is 5. The first kappa shape index (κ1) is 25.9. The minimum Gasteiger partial charge on any atom is -0.452 e. The zero-order valence-electron chi connectivity index (χ0n) is 18.6. The summed E-state index contributed by atoms with van der Waals surface area (Å²) in [6.45, 7) is -0.658. The number of nitrogens with one attached hydrogen (secondary N) is 2. The van der Waals surface area contributed by atoms with Crippen molar-refractivity contribution in [3.8, 4) is 0 Å². The van der Waals surface area contributed by atoms with Crippen LogP contribution in [0, 0.1) is 11.8 Å². The third kappa shape index (κ3) is 5.33. The monoisotopic (exact) mass is 551 g/mol. The normalized spacial score (nSPS) is 23.1. The molecule has 2 aromatic carbocycles. The van der Waals surface area contributed by atoms with Gasteiger partial charge in [0, 0.05) is 0 Å². The van der Waals surface area contributed by atoms with Crippen LogP contribution in [0.3, 0.4) is 0 Å². The molecule has 4 atom stereocenters. The van der Waals surface area contributed by atoms with Gasteiger partial charge in [0.05, 0.1) is 44.4 Å². The molecule has 36 heavy (non-hydrogen) atoms. The van der Waals surface area contributed by atoms with E-state index in [4.69, 9.17) is 39.5 Å². The first-order valence-electron chi connectivity index (χ1n) is 10.9. The molecule has 2 aromatic rings. The van der Waals surface area contributed by atoms with Crippen molar-refractivity contribution < 1.29 is 28.7 Å². The lowest BCUT2D eigenvalue weighted by molar-refractivity contribution is -0.125. The van der Waals surface area contributed by atoms with Gasteiger partial charge in [-0.05, 0) is 49.2 Å². The van der Waals surface area contributed by atoms with E-state index in [1.807, 2.05) is 0 Å². The second-order valence-corrected chi connectivity index (χ2v) is 9.86. The first-order chi connectivity index (χ1) is 17.2. The van der Waals surface area contributed by atoms with E-state index in [1.165, 1.54) is 36.4 Å². The lowest BCUT2D eigenvalue weighted by atomic mass is 9.80. The number of amides is 4. The Balaban J connectivity index is 1.30. The number of imide groups is 1. The molecule has 0 spiro atoms. The molecule has 0 unspecified atom stereocenters. The average Bonchev–Trinajstić information content (AvgIpc) is 3.10. The molecule has 2 fully saturated rings. The maximum absolute atomic E-state index is 12.8. The number of halogens is 3. The molecule has 1 saturated heterocycles. The molecular weight excluding hydrogens is 533 g/mol. The summed E-state index contributed by atoms with van der Waals surface area (Å²) in [5.41, 5.74) is 4.88. The van der Waals surface area contributed by atoms with Crippen LogP contribution >= 0.6 is 34.8 Å². The molecular formula is C24H20Cl3N3O6. The number of fused-ring (bicyclic) bond motifs is 1. The highest BCUT2D eigenvalue weighted by atomic mass is 35.5.